The van der Waals surface area contributed by atoms with Gasteiger partial charge >= 0.3 is 0 Å². The average molecular weight is 326 g/mol. The van der Waals surface area contributed by atoms with Gasteiger partial charge in [0.05, 0.1) is 31.5 Å². The van der Waals surface area contributed by atoms with Crippen molar-refractivity contribution < 1.29 is 14.3 Å². The molecule has 0 atom stereocenters. The number of hydrogen-bond acceptors (Lipinski definition) is 4. The number of methoxy groups -OCH3 is 2. The zero-order valence-electron chi connectivity index (χ0n) is 14.5. The maximum atomic E-state index is 13.1. The fourth-order valence-corrected chi connectivity index (χ4v) is 3.00. The second-order valence-corrected chi connectivity index (χ2v) is 6.19. The molecule has 1 heterocycles. The van der Waals surface area contributed by atoms with Crippen LogP contribution in [0.2, 0.25) is 0 Å². The van der Waals surface area contributed by atoms with Crippen molar-refractivity contribution in [3.8, 4) is 11.6 Å². The second-order valence-electron chi connectivity index (χ2n) is 6.19. The summed E-state index contributed by atoms with van der Waals surface area (Å²) < 4.78 is 10.5. The van der Waals surface area contributed by atoms with Crippen molar-refractivity contribution in [1.82, 2.24) is 4.98 Å². The van der Waals surface area contributed by atoms with Crippen LogP contribution in [0.1, 0.15) is 24.0 Å². The maximum Gasteiger partial charge on any atom is 0.237 e. The van der Waals surface area contributed by atoms with E-state index in [2.05, 4.69) is 4.98 Å². The molecule has 1 amide bonds. The van der Waals surface area contributed by atoms with Crippen LogP contribution in [0.4, 0.5) is 5.69 Å². The lowest BCUT2D eigenvalue weighted by atomic mass is 9.93. The lowest BCUT2D eigenvalue weighted by Crippen LogP contribution is -2.36. The molecule has 1 saturated carbocycles. The number of carbonyl (C=O) groups excluding carboxylic acids is 1. The van der Waals surface area contributed by atoms with E-state index >= 15 is 0 Å². The fourth-order valence-electron chi connectivity index (χ4n) is 3.00. The summed E-state index contributed by atoms with van der Waals surface area (Å²) in [4.78, 5) is 18.9. The Balaban J connectivity index is 1.87. The molecule has 5 heteroatoms. The molecule has 1 fully saturated rings. The number of benzene rings is 1. The number of aryl methyl sites for hydroxylation is 1. The Hall–Kier alpha value is -2.56. The van der Waals surface area contributed by atoms with Crippen molar-refractivity contribution in [3.05, 3.63) is 47.7 Å². The zero-order valence-corrected chi connectivity index (χ0v) is 14.5. The SMILES string of the molecule is COc1ccc(N(C)C(=O)C2(c3ccc(C)c(OC)c3)CC2)cn1. The number of likely N-dealkylation sites (N-methyl/N-ethyl adjacent to an activating group) is 1. The molecule has 1 aliphatic rings. The number of nitrogens with zero attached hydrogens (tertiary/aromatic N) is 2. The third-order valence-electron chi connectivity index (χ3n) is 4.74. The van der Waals surface area contributed by atoms with Crippen LogP contribution in [0.5, 0.6) is 11.6 Å². The summed E-state index contributed by atoms with van der Waals surface area (Å²) in [6.45, 7) is 2.00. The van der Waals surface area contributed by atoms with Crippen molar-refractivity contribution in [1.29, 1.82) is 0 Å². The van der Waals surface area contributed by atoms with Gasteiger partial charge < -0.3 is 14.4 Å². The summed E-state index contributed by atoms with van der Waals surface area (Å²) in [6.07, 6.45) is 3.36. The Bertz CT molecular complexity index is 752. The number of hydrogen-bond donors (Lipinski definition) is 0. The van der Waals surface area contributed by atoms with Gasteiger partial charge in [-0.25, -0.2) is 4.98 Å². The minimum atomic E-state index is -0.449. The molecule has 24 heavy (non-hydrogen) atoms. The second kappa shape index (κ2) is 6.15. The van der Waals surface area contributed by atoms with Gasteiger partial charge in [0, 0.05) is 13.1 Å². The number of aromatic nitrogens is 1. The number of pyridine rings is 1. The van der Waals surface area contributed by atoms with E-state index in [1.165, 1.54) is 0 Å². The highest BCUT2D eigenvalue weighted by molar-refractivity contribution is 6.02. The standard InChI is InChI=1S/C19H22N2O3/c1-13-5-6-14(11-16(13)23-3)19(9-10-19)18(22)21(2)15-7-8-17(24-4)20-12-15/h5-8,11-12H,9-10H2,1-4H3. The van der Waals surface area contributed by atoms with Gasteiger partial charge in [-0.2, -0.15) is 0 Å². The summed E-state index contributed by atoms with van der Waals surface area (Å²) in [5.41, 5.74) is 2.39. The monoisotopic (exact) mass is 326 g/mol. The van der Waals surface area contributed by atoms with Gasteiger partial charge in [0.1, 0.15) is 5.75 Å². The van der Waals surface area contributed by atoms with Crippen LogP contribution in [-0.2, 0) is 10.2 Å². The molecule has 126 valence electrons. The van der Waals surface area contributed by atoms with Gasteiger partial charge in [-0.1, -0.05) is 12.1 Å². The molecule has 0 radical (unpaired) electrons. The van der Waals surface area contributed by atoms with E-state index in [4.69, 9.17) is 9.47 Å². The van der Waals surface area contributed by atoms with Crippen LogP contribution in [-0.4, -0.2) is 32.2 Å². The van der Waals surface area contributed by atoms with Gasteiger partial charge in [-0.15, -0.1) is 0 Å². The highest BCUT2D eigenvalue weighted by Gasteiger charge is 2.53. The highest BCUT2D eigenvalue weighted by Crippen LogP contribution is 2.50. The summed E-state index contributed by atoms with van der Waals surface area (Å²) in [7, 11) is 5.01. The van der Waals surface area contributed by atoms with Crippen LogP contribution < -0.4 is 14.4 Å². The van der Waals surface area contributed by atoms with E-state index in [0.717, 1.165) is 35.4 Å². The molecule has 0 unspecified atom stereocenters. The molecule has 1 aromatic carbocycles. The van der Waals surface area contributed by atoms with Crippen molar-refractivity contribution in [3.63, 3.8) is 0 Å². The molecular weight excluding hydrogens is 304 g/mol. The van der Waals surface area contributed by atoms with Gasteiger partial charge in [0.2, 0.25) is 11.8 Å². The molecule has 0 bridgehead atoms. The first-order valence-electron chi connectivity index (χ1n) is 7.95. The first-order valence-corrected chi connectivity index (χ1v) is 7.95. The Morgan fingerprint density at radius 1 is 1.17 bits per heavy atom. The first kappa shape index (κ1) is 16.3. The molecule has 1 aliphatic carbocycles. The van der Waals surface area contributed by atoms with Crippen molar-refractivity contribution in [2.24, 2.45) is 0 Å². The van der Waals surface area contributed by atoms with Gasteiger partial charge in [-0.3, -0.25) is 4.79 Å². The molecule has 0 spiro atoms. The number of anilines is 1. The van der Waals surface area contributed by atoms with E-state index in [9.17, 15) is 4.79 Å². The highest BCUT2D eigenvalue weighted by atomic mass is 16.5. The lowest BCUT2D eigenvalue weighted by molar-refractivity contribution is -0.120. The largest absolute Gasteiger partial charge is 0.496 e. The van der Waals surface area contributed by atoms with E-state index in [1.807, 2.05) is 31.2 Å². The smallest absolute Gasteiger partial charge is 0.237 e. The summed E-state index contributed by atoms with van der Waals surface area (Å²) in [5, 5.41) is 0. The van der Waals surface area contributed by atoms with E-state index in [0.29, 0.717) is 5.88 Å². The third-order valence-corrected chi connectivity index (χ3v) is 4.74. The Kier molecular flexibility index (Phi) is 4.18. The van der Waals surface area contributed by atoms with Crippen LogP contribution in [0.15, 0.2) is 36.5 Å². The van der Waals surface area contributed by atoms with E-state index in [-0.39, 0.29) is 5.91 Å². The molecule has 3 rings (SSSR count). The van der Waals surface area contributed by atoms with Crippen molar-refractivity contribution in [2.45, 2.75) is 25.2 Å². The minimum Gasteiger partial charge on any atom is -0.496 e. The molecule has 0 aliphatic heterocycles. The molecule has 1 aromatic heterocycles. The number of carbonyl (C=O) groups is 1. The van der Waals surface area contributed by atoms with Crippen LogP contribution in [0, 0.1) is 6.92 Å². The minimum absolute atomic E-state index is 0.0837. The lowest BCUT2D eigenvalue weighted by Gasteiger charge is -2.24. The fraction of sp³-hybridized carbons (Fsp3) is 0.368. The predicted octanol–water partition coefficient (Wildman–Crippen LogP) is 3.10. The van der Waals surface area contributed by atoms with Gasteiger partial charge in [0.25, 0.3) is 0 Å². The molecule has 5 nitrogen and oxygen atoms in total. The predicted molar refractivity (Wildman–Crippen MR) is 92.8 cm³/mol. The Morgan fingerprint density at radius 3 is 2.46 bits per heavy atom. The summed E-state index contributed by atoms with van der Waals surface area (Å²) in [5.74, 6) is 1.43. The average Bonchev–Trinajstić information content (AvgIpc) is 3.43. The van der Waals surface area contributed by atoms with E-state index < -0.39 is 5.41 Å². The number of amides is 1. The topological polar surface area (TPSA) is 51.7 Å². The van der Waals surface area contributed by atoms with Crippen molar-refractivity contribution in [2.75, 3.05) is 26.2 Å². The van der Waals surface area contributed by atoms with Gasteiger partial charge in [0.15, 0.2) is 0 Å². The third kappa shape index (κ3) is 2.70. The summed E-state index contributed by atoms with van der Waals surface area (Å²) in [6, 6.07) is 9.63. The maximum absolute atomic E-state index is 13.1. The first-order chi connectivity index (χ1) is 11.5. The molecule has 0 saturated heterocycles. The van der Waals surface area contributed by atoms with Crippen LogP contribution in [0.25, 0.3) is 0 Å². The molecular formula is C19H22N2O3. The van der Waals surface area contributed by atoms with Gasteiger partial charge in [-0.05, 0) is 43.0 Å². The zero-order chi connectivity index (χ0) is 17.3. The molecule has 0 N–H and O–H groups in total. The van der Waals surface area contributed by atoms with Crippen molar-refractivity contribution >= 4 is 11.6 Å². The Labute approximate surface area is 142 Å². The van der Waals surface area contributed by atoms with E-state index in [1.54, 1.807) is 38.4 Å². The normalized spacial score (nSPS) is 14.8. The van der Waals surface area contributed by atoms with Crippen LogP contribution in [0.3, 0.4) is 0 Å². The number of rotatable bonds is 5. The summed E-state index contributed by atoms with van der Waals surface area (Å²) >= 11 is 0. The molecule has 2 aromatic rings. The quantitative estimate of drug-likeness (QED) is 0.847. The Morgan fingerprint density at radius 2 is 1.92 bits per heavy atom. The number of ether oxygens (including phenoxy) is 2. The van der Waals surface area contributed by atoms with Crippen LogP contribution >= 0.6 is 0 Å².